The highest BCUT2D eigenvalue weighted by Crippen LogP contribution is 2.36. The van der Waals surface area contributed by atoms with Gasteiger partial charge in [-0.2, -0.15) is 13.2 Å². The monoisotopic (exact) mass is 484 g/mol. The van der Waals surface area contributed by atoms with Crippen molar-refractivity contribution in [2.45, 2.75) is 65.2 Å². The molecule has 0 unspecified atom stereocenters. The number of amides is 1. The van der Waals surface area contributed by atoms with E-state index in [-0.39, 0.29) is 41.5 Å². The molecule has 2 atom stereocenters. The van der Waals surface area contributed by atoms with Crippen LogP contribution in [0, 0.1) is 6.92 Å². The van der Waals surface area contributed by atoms with Crippen LogP contribution >= 0.6 is 11.3 Å². The molecule has 0 saturated carbocycles. The van der Waals surface area contributed by atoms with Gasteiger partial charge < -0.3 is 15.0 Å². The maximum Gasteiger partial charge on any atom is 0.408 e. The molecule has 1 amide bonds. The van der Waals surface area contributed by atoms with Crippen molar-refractivity contribution in [3.05, 3.63) is 28.5 Å². The summed E-state index contributed by atoms with van der Waals surface area (Å²) in [5, 5.41) is 2.47. The molecule has 0 radical (unpaired) electrons. The SMILES string of the molecule is CCOC(=O)c1nc(C(=O)N2CCC[C@@H]2C)c(-c2cnc(N[C@@H](CC)C(F)(F)F)cc2C)s1. The minimum atomic E-state index is -4.40. The van der Waals surface area contributed by atoms with Gasteiger partial charge in [0.25, 0.3) is 5.91 Å². The molecule has 1 fully saturated rings. The van der Waals surface area contributed by atoms with Gasteiger partial charge in [-0.05, 0) is 51.7 Å². The minimum Gasteiger partial charge on any atom is -0.461 e. The number of esters is 1. The molecule has 1 saturated heterocycles. The molecule has 180 valence electrons. The highest BCUT2D eigenvalue weighted by Gasteiger charge is 2.38. The third kappa shape index (κ3) is 5.45. The fourth-order valence-electron chi connectivity index (χ4n) is 3.77. The molecular weight excluding hydrogens is 457 g/mol. The first-order chi connectivity index (χ1) is 15.6. The van der Waals surface area contributed by atoms with Crippen molar-refractivity contribution in [1.82, 2.24) is 14.9 Å². The molecule has 11 heteroatoms. The lowest BCUT2D eigenvalue weighted by atomic mass is 10.1. The number of hydrogen-bond acceptors (Lipinski definition) is 7. The molecule has 2 aromatic rings. The highest BCUT2D eigenvalue weighted by atomic mass is 32.1. The molecule has 1 aliphatic rings. The number of carbonyl (C=O) groups excluding carboxylic acids is 2. The molecule has 7 nitrogen and oxygen atoms in total. The molecule has 3 heterocycles. The molecule has 0 aliphatic carbocycles. The lowest BCUT2D eigenvalue weighted by Crippen LogP contribution is -2.35. The van der Waals surface area contributed by atoms with Crippen molar-refractivity contribution < 1.29 is 27.5 Å². The Morgan fingerprint density at radius 2 is 2.09 bits per heavy atom. The molecule has 3 rings (SSSR count). The topological polar surface area (TPSA) is 84.4 Å². The third-order valence-electron chi connectivity index (χ3n) is 5.57. The van der Waals surface area contributed by atoms with Crippen LogP contribution in [0.2, 0.25) is 0 Å². The van der Waals surface area contributed by atoms with Gasteiger partial charge in [-0.1, -0.05) is 6.92 Å². The predicted octanol–water partition coefficient (Wildman–Crippen LogP) is 5.07. The van der Waals surface area contributed by atoms with Crippen LogP contribution in [0.5, 0.6) is 0 Å². The van der Waals surface area contributed by atoms with Crippen molar-refractivity contribution in [3.63, 3.8) is 0 Å². The average Bonchev–Trinajstić information content (AvgIpc) is 3.37. The summed E-state index contributed by atoms with van der Waals surface area (Å²) in [6.45, 7) is 7.56. The van der Waals surface area contributed by atoms with E-state index in [2.05, 4.69) is 15.3 Å². The van der Waals surface area contributed by atoms with Gasteiger partial charge in [0.15, 0.2) is 0 Å². The van der Waals surface area contributed by atoms with Crippen molar-refractivity contribution in [3.8, 4) is 10.4 Å². The summed E-state index contributed by atoms with van der Waals surface area (Å²) >= 11 is 1.02. The molecule has 2 aromatic heterocycles. The zero-order chi connectivity index (χ0) is 24.3. The molecular formula is C22H27F3N4O3S. The fourth-order valence-corrected chi connectivity index (χ4v) is 4.79. The average molecular weight is 485 g/mol. The summed E-state index contributed by atoms with van der Waals surface area (Å²) in [4.78, 5) is 36.2. The first-order valence-electron chi connectivity index (χ1n) is 10.9. The van der Waals surface area contributed by atoms with Crippen LogP contribution in [-0.4, -0.2) is 58.2 Å². The molecule has 1 N–H and O–H groups in total. The van der Waals surface area contributed by atoms with E-state index in [1.54, 1.807) is 18.7 Å². The van der Waals surface area contributed by atoms with Gasteiger partial charge in [0.05, 0.1) is 11.5 Å². The number of ether oxygens (including phenoxy) is 1. The summed E-state index contributed by atoms with van der Waals surface area (Å²) in [6.07, 6.45) is -1.37. The number of nitrogens with zero attached hydrogens (tertiary/aromatic N) is 3. The number of pyridine rings is 1. The smallest absolute Gasteiger partial charge is 0.408 e. The standard InChI is InChI=1S/C22H27F3N4O3S/c1-5-15(22(23,24)25)27-16-10-12(3)14(11-26-16)18-17(20(30)29-9-7-8-13(29)4)28-19(33-18)21(31)32-6-2/h10-11,13,15H,5-9H2,1-4H3,(H,26,27)/t13-,15-/m0/s1. The summed E-state index contributed by atoms with van der Waals surface area (Å²) in [5.41, 5.74) is 1.26. The first-order valence-corrected chi connectivity index (χ1v) is 11.7. The maximum atomic E-state index is 13.3. The molecule has 0 bridgehead atoms. The summed E-state index contributed by atoms with van der Waals surface area (Å²) in [6, 6.07) is -0.166. The van der Waals surface area contributed by atoms with Crippen LogP contribution in [-0.2, 0) is 4.74 Å². The van der Waals surface area contributed by atoms with Gasteiger partial charge in [-0.25, -0.2) is 14.8 Å². The largest absolute Gasteiger partial charge is 0.461 e. The van der Waals surface area contributed by atoms with E-state index in [4.69, 9.17) is 4.74 Å². The second-order valence-electron chi connectivity index (χ2n) is 7.94. The molecule has 0 aromatic carbocycles. The number of carbonyl (C=O) groups is 2. The van der Waals surface area contributed by atoms with E-state index in [1.165, 1.54) is 19.2 Å². The number of thiazole rings is 1. The lowest BCUT2D eigenvalue weighted by Gasteiger charge is -2.22. The maximum absolute atomic E-state index is 13.3. The van der Waals surface area contributed by atoms with Crippen LogP contribution in [0.3, 0.4) is 0 Å². The number of aromatic nitrogens is 2. The van der Waals surface area contributed by atoms with Crippen LogP contribution in [0.15, 0.2) is 12.3 Å². The van der Waals surface area contributed by atoms with E-state index in [0.717, 1.165) is 24.2 Å². The van der Waals surface area contributed by atoms with E-state index in [9.17, 15) is 22.8 Å². The van der Waals surface area contributed by atoms with E-state index in [1.807, 2.05) is 6.92 Å². The quantitative estimate of drug-likeness (QED) is 0.553. The Morgan fingerprint density at radius 3 is 2.64 bits per heavy atom. The Labute approximate surface area is 194 Å². The van der Waals surface area contributed by atoms with Crippen molar-refractivity contribution >= 4 is 29.0 Å². The number of likely N-dealkylation sites (tertiary alicyclic amines) is 1. The minimum absolute atomic E-state index is 0.0479. The number of anilines is 1. The Morgan fingerprint density at radius 1 is 1.36 bits per heavy atom. The van der Waals surface area contributed by atoms with Crippen LogP contribution in [0.1, 0.15) is 65.9 Å². The normalized spacial score (nSPS) is 17.2. The van der Waals surface area contributed by atoms with E-state index < -0.39 is 18.2 Å². The third-order valence-corrected chi connectivity index (χ3v) is 6.64. The number of aryl methyl sites for hydroxylation is 1. The van der Waals surface area contributed by atoms with Gasteiger partial charge >= 0.3 is 12.1 Å². The number of alkyl halides is 3. The Balaban J connectivity index is 2.00. The second kappa shape index (κ2) is 10.1. The Hall–Kier alpha value is -2.69. The highest BCUT2D eigenvalue weighted by molar-refractivity contribution is 7.17. The van der Waals surface area contributed by atoms with Crippen LogP contribution in [0.4, 0.5) is 19.0 Å². The van der Waals surface area contributed by atoms with Gasteiger partial charge in [-0.3, -0.25) is 4.79 Å². The van der Waals surface area contributed by atoms with Gasteiger partial charge in [0.2, 0.25) is 5.01 Å². The molecule has 1 aliphatic heterocycles. The van der Waals surface area contributed by atoms with Crippen molar-refractivity contribution in [2.75, 3.05) is 18.5 Å². The van der Waals surface area contributed by atoms with Crippen LogP contribution in [0.25, 0.3) is 10.4 Å². The van der Waals surface area contributed by atoms with Gasteiger partial charge in [-0.15, -0.1) is 11.3 Å². The number of hydrogen-bond donors (Lipinski definition) is 1. The fraction of sp³-hybridized carbons (Fsp3) is 0.545. The number of nitrogens with one attached hydrogen (secondary N) is 1. The summed E-state index contributed by atoms with van der Waals surface area (Å²) < 4.78 is 44.4. The summed E-state index contributed by atoms with van der Waals surface area (Å²) in [7, 11) is 0. The Bertz CT molecular complexity index is 1020. The van der Waals surface area contributed by atoms with E-state index >= 15 is 0 Å². The number of rotatable bonds is 7. The van der Waals surface area contributed by atoms with Crippen molar-refractivity contribution in [2.24, 2.45) is 0 Å². The van der Waals surface area contributed by atoms with Gasteiger partial charge in [0, 0.05) is 24.3 Å². The van der Waals surface area contributed by atoms with E-state index in [0.29, 0.717) is 22.5 Å². The van der Waals surface area contributed by atoms with Gasteiger partial charge in [0.1, 0.15) is 17.6 Å². The number of halogens is 3. The zero-order valence-electron chi connectivity index (χ0n) is 19.0. The molecule has 0 spiro atoms. The second-order valence-corrected chi connectivity index (χ2v) is 8.94. The van der Waals surface area contributed by atoms with Crippen LogP contribution < -0.4 is 5.32 Å². The molecule has 33 heavy (non-hydrogen) atoms. The summed E-state index contributed by atoms with van der Waals surface area (Å²) in [5.74, 6) is -0.833. The first kappa shape index (κ1) is 24.9. The predicted molar refractivity (Wildman–Crippen MR) is 120 cm³/mol. The zero-order valence-corrected chi connectivity index (χ0v) is 19.8. The Kier molecular flexibility index (Phi) is 7.61. The van der Waals surface area contributed by atoms with Crippen molar-refractivity contribution in [1.29, 1.82) is 0 Å². The lowest BCUT2D eigenvalue weighted by molar-refractivity contribution is -0.142.